The van der Waals surface area contributed by atoms with Gasteiger partial charge in [-0.3, -0.25) is 0 Å². The third-order valence-corrected chi connectivity index (χ3v) is 7.73. The van der Waals surface area contributed by atoms with E-state index in [0.29, 0.717) is 23.6 Å². The largest absolute Gasteiger partial charge is 1.00 e. The standard InChI is InChI=1S/C28H34NO7P.2Li/c30-23-9-13-26(14-10-23)36-20-24(31)18-29-28(15-3-4-16-28)17-21-7-11-25(12-8-21)35-19-22-5-1-2-6-27(22)37(32,33)34;;/h1-2,5-14,24,29-31H,3-4,15-20H2,(H2,32,33,34);;/q;2*+1/p-2/t24-;;/m0../s1. The van der Waals surface area contributed by atoms with Crippen molar-refractivity contribution in [3.8, 4) is 17.2 Å². The van der Waals surface area contributed by atoms with Crippen molar-refractivity contribution < 1.29 is 71.8 Å². The van der Waals surface area contributed by atoms with Gasteiger partial charge in [-0.2, -0.15) is 0 Å². The number of aliphatic hydroxyl groups is 1. The van der Waals surface area contributed by atoms with Crippen molar-refractivity contribution in [3.63, 3.8) is 0 Å². The molecule has 3 N–H and O–H groups in total. The first-order chi connectivity index (χ1) is 17.7. The second-order valence-corrected chi connectivity index (χ2v) is 11.0. The number of phenolic OH excluding ortho intramolecular Hbond substituents is 1. The van der Waals surface area contributed by atoms with E-state index in [1.54, 1.807) is 36.4 Å². The first kappa shape index (κ1) is 33.5. The van der Waals surface area contributed by atoms with Crippen molar-refractivity contribution >= 4 is 12.9 Å². The summed E-state index contributed by atoms with van der Waals surface area (Å²) in [7, 11) is -4.87. The van der Waals surface area contributed by atoms with Crippen LogP contribution in [0.4, 0.5) is 0 Å². The Hall–Kier alpha value is -1.68. The molecule has 1 aliphatic rings. The third-order valence-electron chi connectivity index (χ3n) is 6.70. The maximum Gasteiger partial charge on any atom is 1.00 e. The van der Waals surface area contributed by atoms with Crippen molar-refractivity contribution in [3.05, 3.63) is 83.9 Å². The smallest absolute Gasteiger partial charge is 0.807 e. The van der Waals surface area contributed by atoms with Crippen LogP contribution in [0.2, 0.25) is 0 Å². The van der Waals surface area contributed by atoms with Crippen LogP contribution in [0.1, 0.15) is 36.8 Å². The molecule has 3 aromatic carbocycles. The van der Waals surface area contributed by atoms with Crippen molar-refractivity contribution in [2.24, 2.45) is 0 Å². The maximum absolute atomic E-state index is 11.5. The van der Waals surface area contributed by atoms with Crippen molar-refractivity contribution in [1.82, 2.24) is 5.32 Å². The molecule has 0 radical (unpaired) electrons. The molecule has 1 aliphatic carbocycles. The Morgan fingerprint density at radius 1 is 0.897 bits per heavy atom. The summed E-state index contributed by atoms with van der Waals surface area (Å²) in [5.74, 6) is 1.34. The first-order valence-corrected chi connectivity index (χ1v) is 13.9. The number of hydrogen-bond donors (Lipinski definition) is 3. The molecule has 0 spiro atoms. The van der Waals surface area contributed by atoms with Gasteiger partial charge in [-0.15, -0.1) is 0 Å². The van der Waals surface area contributed by atoms with E-state index in [9.17, 15) is 24.6 Å². The number of rotatable bonds is 12. The number of aliphatic hydroxyl groups excluding tert-OH is 1. The minimum Gasteiger partial charge on any atom is -0.807 e. The molecular formula is C28H32Li2NO7P. The van der Waals surface area contributed by atoms with Crippen molar-refractivity contribution in [2.75, 3.05) is 13.2 Å². The molecule has 0 amide bonds. The summed E-state index contributed by atoms with van der Waals surface area (Å²) in [4.78, 5) is 23.0. The second kappa shape index (κ2) is 15.4. The van der Waals surface area contributed by atoms with Gasteiger partial charge in [0.05, 0.1) is 0 Å². The van der Waals surface area contributed by atoms with E-state index < -0.39 is 13.7 Å². The van der Waals surface area contributed by atoms with E-state index in [0.717, 1.165) is 37.7 Å². The van der Waals surface area contributed by atoms with Crippen LogP contribution < -0.4 is 67.6 Å². The van der Waals surface area contributed by atoms with Gasteiger partial charge in [-0.1, -0.05) is 49.2 Å². The molecule has 0 bridgehead atoms. The van der Waals surface area contributed by atoms with Crippen LogP contribution in [0.3, 0.4) is 0 Å². The van der Waals surface area contributed by atoms with Gasteiger partial charge in [0.2, 0.25) is 0 Å². The SMILES string of the molecule is O=P([O-])([O-])c1ccccc1COc1ccc(CC2(NC[C@H](O)COc3ccc(O)cc3)CCCC2)cc1.[Li+].[Li+]. The fourth-order valence-electron chi connectivity index (χ4n) is 4.75. The number of phenols is 1. The molecule has 198 valence electrons. The Balaban J connectivity index is 0.00000267. The predicted molar refractivity (Wildman–Crippen MR) is 137 cm³/mol. The average molecular weight is 539 g/mol. The van der Waals surface area contributed by atoms with E-state index in [4.69, 9.17) is 9.47 Å². The summed E-state index contributed by atoms with van der Waals surface area (Å²) in [6, 6.07) is 20.1. The fraction of sp³-hybridized carbons (Fsp3) is 0.357. The second-order valence-electron chi connectivity index (χ2n) is 9.56. The number of ether oxygens (including phenoxy) is 2. The summed E-state index contributed by atoms with van der Waals surface area (Å²) < 4.78 is 22.9. The van der Waals surface area contributed by atoms with Crippen molar-refractivity contribution in [2.45, 2.75) is 50.4 Å². The molecule has 3 aromatic rings. The Morgan fingerprint density at radius 3 is 2.13 bits per heavy atom. The van der Waals surface area contributed by atoms with Crippen LogP contribution in [0.5, 0.6) is 17.2 Å². The van der Waals surface area contributed by atoms with E-state index in [2.05, 4.69) is 5.32 Å². The Bertz CT molecular complexity index is 1200. The topological polar surface area (TPSA) is 134 Å². The fourth-order valence-corrected chi connectivity index (χ4v) is 5.51. The molecule has 0 saturated heterocycles. The Morgan fingerprint density at radius 2 is 1.49 bits per heavy atom. The molecule has 1 atom stereocenters. The van der Waals surface area contributed by atoms with Gasteiger partial charge >= 0.3 is 37.7 Å². The molecular weight excluding hydrogens is 507 g/mol. The molecule has 0 unspecified atom stereocenters. The molecule has 11 heteroatoms. The molecule has 1 saturated carbocycles. The van der Waals surface area contributed by atoms with E-state index >= 15 is 0 Å². The predicted octanol–water partition coefficient (Wildman–Crippen LogP) is -3.60. The minimum absolute atomic E-state index is 0. The van der Waals surface area contributed by atoms with Crippen LogP contribution in [0.25, 0.3) is 0 Å². The Labute approximate surface area is 253 Å². The van der Waals surface area contributed by atoms with Gasteiger partial charge in [0.15, 0.2) is 0 Å². The van der Waals surface area contributed by atoms with Gasteiger partial charge in [0.25, 0.3) is 0 Å². The summed E-state index contributed by atoms with van der Waals surface area (Å²) in [6.07, 6.45) is 4.39. The summed E-state index contributed by atoms with van der Waals surface area (Å²) in [5.41, 5.74) is 1.35. The third kappa shape index (κ3) is 10.0. The van der Waals surface area contributed by atoms with Gasteiger partial charge in [0, 0.05) is 12.1 Å². The number of nitrogens with one attached hydrogen (secondary N) is 1. The first-order valence-electron chi connectivity index (χ1n) is 12.4. The summed E-state index contributed by atoms with van der Waals surface area (Å²) in [5, 5.41) is 23.2. The Kier molecular flexibility index (Phi) is 13.2. The van der Waals surface area contributed by atoms with Gasteiger partial charge < -0.3 is 39.4 Å². The molecule has 8 nitrogen and oxygen atoms in total. The molecule has 0 aromatic heterocycles. The normalized spacial score (nSPS) is 15.1. The number of aromatic hydroxyl groups is 1. The monoisotopic (exact) mass is 539 g/mol. The van der Waals surface area contributed by atoms with E-state index in [-0.39, 0.29) is 67.5 Å². The van der Waals surface area contributed by atoms with Crippen LogP contribution in [0.15, 0.2) is 72.8 Å². The van der Waals surface area contributed by atoms with Crippen LogP contribution in [-0.4, -0.2) is 35.0 Å². The molecule has 0 heterocycles. The van der Waals surface area contributed by atoms with Crippen LogP contribution in [0, 0.1) is 0 Å². The number of benzene rings is 3. The molecule has 0 aliphatic heterocycles. The van der Waals surface area contributed by atoms with E-state index in [1.165, 1.54) is 12.1 Å². The van der Waals surface area contributed by atoms with Crippen LogP contribution >= 0.6 is 7.60 Å². The maximum atomic E-state index is 11.5. The zero-order valence-electron chi connectivity index (χ0n) is 22.5. The molecule has 1 fully saturated rings. The zero-order chi connectivity index (χ0) is 26.3. The zero-order valence-corrected chi connectivity index (χ0v) is 23.4. The van der Waals surface area contributed by atoms with E-state index in [1.807, 2.05) is 24.3 Å². The van der Waals surface area contributed by atoms with Crippen molar-refractivity contribution in [1.29, 1.82) is 0 Å². The van der Waals surface area contributed by atoms with Gasteiger partial charge in [-0.25, -0.2) is 0 Å². The minimum atomic E-state index is -4.87. The van der Waals surface area contributed by atoms with Crippen LogP contribution in [-0.2, 0) is 17.6 Å². The molecule has 4 rings (SSSR count). The molecule has 39 heavy (non-hydrogen) atoms. The number of hydrogen-bond acceptors (Lipinski definition) is 8. The summed E-state index contributed by atoms with van der Waals surface area (Å²) in [6.45, 7) is 0.540. The number of β-amino-alcohol motifs (C(OH)–C–C–N with tert-alkyl or cyclic N) is 1. The summed E-state index contributed by atoms with van der Waals surface area (Å²) >= 11 is 0. The average Bonchev–Trinajstić information content (AvgIpc) is 3.35. The quantitative estimate of drug-likeness (QED) is 0.159. The van der Waals surface area contributed by atoms with Gasteiger partial charge in [-0.05, 0) is 79.7 Å². The van der Waals surface area contributed by atoms with Gasteiger partial charge in [0.1, 0.15) is 36.6 Å².